The van der Waals surface area contributed by atoms with Crippen LogP contribution in [0.2, 0.25) is 0 Å². The molecule has 12 heteroatoms. The number of allylic oxidation sites excluding steroid dienone is 1. The third-order valence-corrected chi connectivity index (χ3v) is 9.72. The minimum absolute atomic E-state index is 0.0181. The van der Waals surface area contributed by atoms with Crippen LogP contribution in [-0.4, -0.2) is 50.9 Å². The first-order valence-electron chi connectivity index (χ1n) is 12.0. The fraction of sp³-hybridized carbons (Fsp3) is 0.308. The van der Waals surface area contributed by atoms with Gasteiger partial charge in [0.1, 0.15) is 22.0 Å². The van der Waals surface area contributed by atoms with Crippen LogP contribution in [0.1, 0.15) is 17.5 Å². The molecular formula is C26H24FN3O6S2. The van der Waals surface area contributed by atoms with Gasteiger partial charge in [-0.1, -0.05) is 30.4 Å². The van der Waals surface area contributed by atoms with Gasteiger partial charge in [0.05, 0.1) is 11.4 Å². The number of anilines is 1. The third kappa shape index (κ3) is 4.11. The number of benzene rings is 2. The number of aliphatic hydroxyl groups excluding tert-OH is 1. The van der Waals surface area contributed by atoms with Crippen molar-refractivity contribution in [3.63, 3.8) is 0 Å². The standard InChI is InChI=1S/C26H24FN3O6S2/c1-37(33,34)13-15-4-9-19-20(10-15)38(35,36)29-25(28-19)22-24(31)21-16-5-6-17(11-16)23(21)30(26(22)32)12-14-2-7-18(27)8-3-14/h2-10,16-17,21,23,31H,11-13H2,1H3,(H,28,29). The highest BCUT2D eigenvalue weighted by Gasteiger charge is 2.55. The Balaban J connectivity index is 1.41. The summed E-state index contributed by atoms with van der Waals surface area (Å²) in [7, 11) is -7.72. The number of sulfonamides is 1. The first kappa shape index (κ1) is 24.8. The van der Waals surface area contributed by atoms with Crippen molar-refractivity contribution in [2.75, 3.05) is 11.6 Å². The fourth-order valence-electron chi connectivity index (χ4n) is 6.03. The van der Waals surface area contributed by atoms with Gasteiger partial charge >= 0.3 is 0 Å². The molecule has 4 unspecified atom stereocenters. The zero-order chi connectivity index (χ0) is 27.0. The van der Waals surface area contributed by atoms with Gasteiger partial charge in [-0.05, 0) is 53.6 Å². The summed E-state index contributed by atoms with van der Waals surface area (Å²) in [5.41, 5.74) is 0.887. The van der Waals surface area contributed by atoms with Crippen molar-refractivity contribution in [2.24, 2.45) is 22.2 Å². The normalized spacial score (nSPS) is 27.2. The number of carbonyl (C=O) groups is 1. The molecule has 1 amide bonds. The molecule has 2 N–H and O–H groups in total. The van der Waals surface area contributed by atoms with Crippen molar-refractivity contribution >= 4 is 37.3 Å². The second-order valence-electron chi connectivity index (χ2n) is 10.2. The van der Waals surface area contributed by atoms with Crippen molar-refractivity contribution in [3.8, 4) is 0 Å². The Kier molecular flexibility index (Phi) is 5.55. The van der Waals surface area contributed by atoms with E-state index in [1.54, 1.807) is 17.0 Å². The molecule has 0 spiro atoms. The average molecular weight is 558 g/mol. The minimum Gasteiger partial charge on any atom is -0.511 e. The summed E-state index contributed by atoms with van der Waals surface area (Å²) in [6.07, 6.45) is 5.86. The predicted molar refractivity (Wildman–Crippen MR) is 138 cm³/mol. The van der Waals surface area contributed by atoms with E-state index in [1.165, 1.54) is 30.3 Å². The first-order valence-corrected chi connectivity index (χ1v) is 15.5. The number of amidine groups is 1. The maximum Gasteiger partial charge on any atom is 0.286 e. The van der Waals surface area contributed by atoms with E-state index >= 15 is 0 Å². The number of rotatable bonds is 5. The molecule has 38 heavy (non-hydrogen) atoms. The Morgan fingerprint density at radius 2 is 1.79 bits per heavy atom. The van der Waals surface area contributed by atoms with E-state index < -0.39 is 37.5 Å². The molecule has 0 radical (unpaired) electrons. The highest BCUT2D eigenvalue weighted by atomic mass is 32.2. The van der Waals surface area contributed by atoms with Gasteiger partial charge in [0.15, 0.2) is 15.7 Å². The Hall–Kier alpha value is -3.51. The lowest BCUT2D eigenvalue weighted by Crippen LogP contribution is -2.53. The van der Waals surface area contributed by atoms with Crippen LogP contribution in [0.3, 0.4) is 0 Å². The maximum atomic E-state index is 13.9. The van der Waals surface area contributed by atoms with Crippen LogP contribution >= 0.6 is 0 Å². The molecule has 198 valence electrons. The van der Waals surface area contributed by atoms with Crippen molar-refractivity contribution in [1.29, 1.82) is 0 Å². The Morgan fingerprint density at radius 1 is 1.11 bits per heavy atom. The van der Waals surface area contributed by atoms with E-state index in [0.29, 0.717) is 5.56 Å². The first-order chi connectivity index (χ1) is 17.9. The molecule has 0 saturated heterocycles. The number of hydrogen-bond donors (Lipinski definition) is 2. The van der Waals surface area contributed by atoms with Gasteiger partial charge in [0.25, 0.3) is 15.9 Å². The summed E-state index contributed by atoms with van der Waals surface area (Å²) in [6.45, 7) is 0.152. The van der Waals surface area contributed by atoms with Crippen molar-refractivity contribution < 1.29 is 31.1 Å². The lowest BCUT2D eigenvalue weighted by Gasteiger charge is -2.42. The van der Waals surface area contributed by atoms with E-state index in [0.717, 1.165) is 12.7 Å². The Morgan fingerprint density at radius 3 is 2.50 bits per heavy atom. The van der Waals surface area contributed by atoms with Gasteiger partial charge in [-0.2, -0.15) is 8.42 Å². The lowest BCUT2D eigenvalue weighted by atomic mass is 9.80. The summed E-state index contributed by atoms with van der Waals surface area (Å²) < 4.78 is 67.1. The van der Waals surface area contributed by atoms with Gasteiger partial charge in [0.2, 0.25) is 0 Å². The van der Waals surface area contributed by atoms with Crippen LogP contribution in [0.15, 0.2) is 75.2 Å². The van der Waals surface area contributed by atoms with Gasteiger partial charge in [-0.25, -0.2) is 12.8 Å². The summed E-state index contributed by atoms with van der Waals surface area (Å²) in [6, 6.07) is 9.63. The van der Waals surface area contributed by atoms with E-state index in [1.807, 2.05) is 12.2 Å². The lowest BCUT2D eigenvalue weighted by molar-refractivity contribution is -0.133. The number of halogens is 1. The molecule has 2 aromatic carbocycles. The number of amides is 1. The largest absolute Gasteiger partial charge is 0.511 e. The monoisotopic (exact) mass is 557 g/mol. The van der Waals surface area contributed by atoms with E-state index in [9.17, 15) is 31.1 Å². The quantitative estimate of drug-likeness (QED) is 0.540. The molecule has 2 aliphatic carbocycles. The molecule has 2 bridgehead atoms. The molecule has 2 aromatic rings. The number of nitrogens with zero attached hydrogens (tertiary/aromatic N) is 2. The molecule has 2 aliphatic heterocycles. The summed E-state index contributed by atoms with van der Waals surface area (Å²) >= 11 is 0. The number of hydrogen-bond acceptors (Lipinski definition) is 7. The highest BCUT2D eigenvalue weighted by molar-refractivity contribution is 7.90. The van der Waals surface area contributed by atoms with Crippen LogP contribution < -0.4 is 5.32 Å². The van der Waals surface area contributed by atoms with Gasteiger partial charge in [-0.15, -0.1) is 4.40 Å². The summed E-state index contributed by atoms with van der Waals surface area (Å²) in [5, 5.41) is 14.2. The average Bonchev–Trinajstić information content (AvgIpc) is 3.45. The summed E-state index contributed by atoms with van der Waals surface area (Å²) in [4.78, 5) is 15.3. The number of aliphatic hydroxyl groups is 1. The third-order valence-electron chi connectivity index (χ3n) is 7.54. The van der Waals surface area contributed by atoms with Gasteiger partial charge in [0, 0.05) is 24.8 Å². The van der Waals surface area contributed by atoms with E-state index in [-0.39, 0.29) is 63.5 Å². The van der Waals surface area contributed by atoms with Crippen LogP contribution in [0.25, 0.3) is 0 Å². The molecule has 0 aromatic heterocycles. The Bertz CT molecular complexity index is 1680. The predicted octanol–water partition coefficient (Wildman–Crippen LogP) is 2.93. The van der Waals surface area contributed by atoms with Crippen molar-refractivity contribution in [3.05, 3.63) is 82.9 Å². The van der Waals surface area contributed by atoms with E-state index in [4.69, 9.17) is 0 Å². The molecule has 1 saturated carbocycles. The molecule has 9 nitrogen and oxygen atoms in total. The van der Waals surface area contributed by atoms with E-state index in [2.05, 4.69) is 9.71 Å². The zero-order valence-electron chi connectivity index (χ0n) is 20.2. The SMILES string of the molecule is CS(=O)(=O)Cc1ccc2c(c1)S(=O)(=O)N=C(C1=C(O)C3C4C=CC(C4)C3N(Cc3ccc(F)cc3)C1=O)N2. The molecule has 4 aliphatic rings. The van der Waals surface area contributed by atoms with Crippen molar-refractivity contribution in [1.82, 2.24) is 4.90 Å². The summed E-state index contributed by atoms with van der Waals surface area (Å²) in [5.74, 6) is -2.21. The maximum absolute atomic E-state index is 13.9. The number of carbonyl (C=O) groups excluding carboxylic acids is 1. The number of fused-ring (bicyclic) bond motifs is 6. The van der Waals surface area contributed by atoms with Gasteiger partial charge < -0.3 is 15.3 Å². The second-order valence-corrected chi connectivity index (χ2v) is 13.9. The molecule has 6 rings (SSSR count). The topological polar surface area (TPSA) is 133 Å². The molecular weight excluding hydrogens is 533 g/mol. The molecule has 1 fully saturated rings. The molecule has 4 atom stereocenters. The van der Waals surface area contributed by atoms with Crippen LogP contribution in [-0.2, 0) is 37.0 Å². The minimum atomic E-state index is -4.32. The molecule has 2 heterocycles. The van der Waals surface area contributed by atoms with Gasteiger partial charge in [-0.3, -0.25) is 4.79 Å². The van der Waals surface area contributed by atoms with Crippen LogP contribution in [0, 0.1) is 23.6 Å². The highest BCUT2D eigenvalue weighted by Crippen LogP contribution is 2.52. The van der Waals surface area contributed by atoms with Crippen LogP contribution in [0.4, 0.5) is 10.1 Å². The number of nitrogens with one attached hydrogen (secondary N) is 1. The van der Waals surface area contributed by atoms with Crippen molar-refractivity contribution in [2.45, 2.75) is 29.7 Å². The Labute approximate surface area is 219 Å². The number of sulfone groups is 1. The smallest absolute Gasteiger partial charge is 0.286 e. The fourth-order valence-corrected chi connectivity index (χ4v) is 7.99. The van der Waals surface area contributed by atoms with Crippen LogP contribution in [0.5, 0.6) is 0 Å². The second kappa shape index (κ2) is 8.50. The zero-order valence-corrected chi connectivity index (χ0v) is 21.8.